The maximum atomic E-state index is 4.44. The van der Waals surface area contributed by atoms with Crippen LogP contribution >= 0.6 is 11.3 Å². The van der Waals surface area contributed by atoms with Crippen LogP contribution in [0.5, 0.6) is 0 Å². The first kappa shape index (κ1) is 12.4. The molecule has 0 saturated carbocycles. The van der Waals surface area contributed by atoms with Gasteiger partial charge >= 0.3 is 0 Å². The number of aromatic nitrogens is 1. The first-order valence-electron chi connectivity index (χ1n) is 6.25. The molecule has 1 unspecified atom stereocenters. The minimum atomic E-state index is 0.482. The molecule has 2 rings (SSSR count). The predicted octanol–water partition coefficient (Wildman–Crippen LogP) is 4.53. The molecular formula is C14H20N2S. The standard InChI is InChI=1S/C14H20N2S/c1-10(2)4-5-11(3)16-14-12-7-9-17-13(12)6-8-15-14/h6-11H,4-5H2,1-3H3,(H,15,16). The van der Waals surface area contributed by atoms with Crippen molar-refractivity contribution < 1.29 is 0 Å². The largest absolute Gasteiger partial charge is 0.367 e. The van der Waals surface area contributed by atoms with Crippen LogP contribution in [0.15, 0.2) is 23.7 Å². The highest BCUT2D eigenvalue weighted by atomic mass is 32.1. The van der Waals surface area contributed by atoms with E-state index in [1.165, 1.54) is 22.9 Å². The highest BCUT2D eigenvalue weighted by Gasteiger charge is 2.07. The fraction of sp³-hybridized carbons (Fsp3) is 0.500. The molecule has 2 heterocycles. The highest BCUT2D eigenvalue weighted by Crippen LogP contribution is 2.26. The SMILES string of the molecule is CC(C)CCC(C)Nc1nccc2sccc12. The molecule has 0 aliphatic heterocycles. The van der Waals surface area contributed by atoms with Crippen molar-refractivity contribution >= 4 is 27.2 Å². The van der Waals surface area contributed by atoms with Gasteiger partial charge in [-0.15, -0.1) is 11.3 Å². The summed E-state index contributed by atoms with van der Waals surface area (Å²) in [5.74, 6) is 1.80. The second-order valence-corrected chi connectivity index (χ2v) is 5.96. The molecule has 0 aromatic carbocycles. The van der Waals surface area contributed by atoms with Crippen molar-refractivity contribution in [3.05, 3.63) is 23.7 Å². The smallest absolute Gasteiger partial charge is 0.134 e. The van der Waals surface area contributed by atoms with Crippen LogP contribution in [-0.4, -0.2) is 11.0 Å². The van der Waals surface area contributed by atoms with Gasteiger partial charge in [0.2, 0.25) is 0 Å². The summed E-state index contributed by atoms with van der Waals surface area (Å²) in [5, 5.41) is 6.89. The van der Waals surface area contributed by atoms with Gasteiger partial charge in [0.1, 0.15) is 5.82 Å². The third kappa shape index (κ3) is 3.19. The first-order chi connectivity index (χ1) is 8.16. The van der Waals surface area contributed by atoms with Gasteiger partial charge in [-0.1, -0.05) is 13.8 Å². The number of nitrogens with one attached hydrogen (secondary N) is 1. The number of anilines is 1. The number of fused-ring (bicyclic) bond motifs is 1. The summed E-state index contributed by atoms with van der Waals surface area (Å²) in [7, 11) is 0. The maximum absolute atomic E-state index is 4.44. The van der Waals surface area contributed by atoms with Crippen molar-refractivity contribution in [1.29, 1.82) is 0 Å². The number of thiophene rings is 1. The molecule has 0 amide bonds. The Hall–Kier alpha value is -1.09. The zero-order chi connectivity index (χ0) is 12.3. The Morgan fingerprint density at radius 3 is 2.82 bits per heavy atom. The molecule has 1 atom stereocenters. The van der Waals surface area contributed by atoms with Gasteiger partial charge in [0.05, 0.1) is 0 Å². The molecule has 0 fully saturated rings. The van der Waals surface area contributed by atoms with Crippen molar-refractivity contribution in [3.63, 3.8) is 0 Å². The van der Waals surface area contributed by atoms with E-state index < -0.39 is 0 Å². The van der Waals surface area contributed by atoms with E-state index in [0.29, 0.717) is 6.04 Å². The average molecular weight is 248 g/mol. The second-order valence-electron chi connectivity index (χ2n) is 5.01. The second kappa shape index (κ2) is 5.50. The van der Waals surface area contributed by atoms with E-state index in [-0.39, 0.29) is 0 Å². The maximum Gasteiger partial charge on any atom is 0.134 e. The molecule has 0 spiro atoms. The normalized spacial score (nSPS) is 13.2. The van der Waals surface area contributed by atoms with Crippen LogP contribution in [0.25, 0.3) is 10.1 Å². The van der Waals surface area contributed by atoms with Crippen molar-refractivity contribution in [2.24, 2.45) is 5.92 Å². The third-order valence-electron chi connectivity index (χ3n) is 2.94. The topological polar surface area (TPSA) is 24.9 Å². The van der Waals surface area contributed by atoms with Crippen LogP contribution in [-0.2, 0) is 0 Å². The molecule has 0 aliphatic carbocycles. The average Bonchev–Trinajstić information content (AvgIpc) is 2.75. The monoisotopic (exact) mass is 248 g/mol. The number of rotatable bonds is 5. The van der Waals surface area contributed by atoms with Gasteiger partial charge in [-0.25, -0.2) is 4.98 Å². The molecule has 0 saturated heterocycles. The van der Waals surface area contributed by atoms with Crippen LogP contribution in [0.3, 0.4) is 0 Å². The Balaban J connectivity index is 2.05. The highest BCUT2D eigenvalue weighted by molar-refractivity contribution is 7.17. The van der Waals surface area contributed by atoms with E-state index in [4.69, 9.17) is 0 Å². The number of hydrogen-bond acceptors (Lipinski definition) is 3. The van der Waals surface area contributed by atoms with E-state index in [1.54, 1.807) is 11.3 Å². The first-order valence-corrected chi connectivity index (χ1v) is 7.13. The van der Waals surface area contributed by atoms with Crippen LogP contribution in [0, 0.1) is 5.92 Å². The van der Waals surface area contributed by atoms with Crippen LogP contribution in [0.1, 0.15) is 33.6 Å². The Labute approximate surface area is 107 Å². The Kier molecular flexibility index (Phi) is 4.00. The van der Waals surface area contributed by atoms with E-state index >= 15 is 0 Å². The lowest BCUT2D eigenvalue weighted by Gasteiger charge is -2.16. The molecule has 2 aromatic rings. The summed E-state index contributed by atoms with van der Waals surface area (Å²) in [6.45, 7) is 6.77. The zero-order valence-corrected chi connectivity index (χ0v) is 11.6. The summed E-state index contributed by atoms with van der Waals surface area (Å²) in [6, 6.07) is 4.70. The van der Waals surface area contributed by atoms with Gasteiger partial charge in [0, 0.05) is 22.3 Å². The molecule has 0 aliphatic rings. The van der Waals surface area contributed by atoms with Crippen molar-refractivity contribution in [2.45, 2.75) is 39.7 Å². The minimum absolute atomic E-state index is 0.482. The van der Waals surface area contributed by atoms with Gasteiger partial charge < -0.3 is 5.32 Å². The molecule has 2 aromatic heterocycles. The summed E-state index contributed by atoms with van der Waals surface area (Å²) < 4.78 is 1.30. The van der Waals surface area contributed by atoms with Gasteiger partial charge in [-0.3, -0.25) is 0 Å². The van der Waals surface area contributed by atoms with E-state index in [0.717, 1.165) is 11.7 Å². The van der Waals surface area contributed by atoms with E-state index in [9.17, 15) is 0 Å². The lowest BCUT2D eigenvalue weighted by Crippen LogP contribution is -2.16. The summed E-state index contributed by atoms with van der Waals surface area (Å²) in [4.78, 5) is 4.44. The fourth-order valence-corrected chi connectivity index (χ4v) is 2.68. The number of nitrogens with zero attached hydrogens (tertiary/aromatic N) is 1. The van der Waals surface area contributed by atoms with Crippen molar-refractivity contribution in [1.82, 2.24) is 4.98 Å². The van der Waals surface area contributed by atoms with Gasteiger partial charge in [-0.2, -0.15) is 0 Å². The van der Waals surface area contributed by atoms with Gasteiger partial charge in [0.25, 0.3) is 0 Å². The fourth-order valence-electron chi connectivity index (χ4n) is 1.90. The van der Waals surface area contributed by atoms with E-state index in [1.807, 2.05) is 6.20 Å². The Morgan fingerprint density at radius 1 is 1.24 bits per heavy atom. The van der Waals surface area contributed by atoms with Crippen LogP contribution < -0.4 is 5.32 Å². The Morgan fingerprint density at radius 2 is 2.06 bits per heavy atom. The lowest BCUT2D eigenvalue weighted by atomic mass is 10.0. The zero-order valence-electron chi connectivity index (χ0n) is 10.7. The molecule has 92 valence electrons. The molecular weight excluding hydrogens is 228 g/mol. The summed E-state index contributed by atoms with van der Waals surface area (Å²) in [6.07, 6.45) is 4.34. The molecule has 17 heavy (non-hydrogen) atoms. The summed E-state index contributed by atoms with van der Waals surface area (Å²) >= 11 is 1.77. The summed E-state index contributed by atoms with van der Waals surface area (Å²) in [5.41, 5.74) is 0. The number of pyridine rings is 1. The van der Waals surface area contributed by atoms with Crippen molar-refractivity contribution in [3.8, 4) is 0 Å². The van der Waals surface area contributed by atoms with Gasteiger partial charge in [0.15, 0.2) is 0 Å². The third-order valence-corrected chi connectivity index (χ3v) is 3.82. The predicted molar refractivity (Wildman–Crippen MR) is 76.8 cm³/mol. The van der Waals surface area contributed by atoms with Gasteiger partial charge in [-0.05, 0) is 43.2 Å². The molecule has 0 bridgehead atoms. The minimum Gasteiger partial charge on any atom is -0.367 e. The van der Waals surface area contributed by atoms with Crippen molar-refractivity contribution in [2.75, 3.05) is 5.32 Å². The molecule has 1 N–H and O–H groups in total. The molecule has 3 heteroatoms. The van der Waals surface area contributed by atoms with Crippen LogP contribution in [0.4, 0.5) is 5.82 Å². The number of hydrogen-bond donors (Lipinski definition) is 1. The molecule has 2 nitrogen and oxygen atoms in total. The van der Waals surface area contributed by atoms with Crippen LogP contribution in [0.2, 0.25) is 0 Å². The molecule has 0 radical (unpaired) electrons. The Bertz CT molecular complexity index is 476. The quantitative estimate of drug-likeness (QED) is 0.840. The lowest BCUT2D eigenvalue weighted by molar-refractivity contribution is 0.527. The van der Waals surface area contributed by atoms with E-state index in [2.05, 4.69) is 48.6 Å².